The Bertz CT molecular complexity index is 66.0. The van der Waals surface area contributed by atoms with Crippen LogP contribution in [0.25, 0.3) is 0 Å². The fourth-order valence-corrected chi connectivity index (χ4v) is 0.744. The van der Waals surface area contributed by atoms with Gasteiger partial charge in [0.2, 0.25) is 5.91 Å². The van der Waals surface area contributed by atoms with E-state index in [1.807, 2.05) is 0 Å². The molecule has 0 aliphatic carbocycles. The van der Waals surface area contributed by atoms with Gasteiger partial charge in [-0.1, -0.05) is 10.8 Å². The average Bonchev–Trinajstić information content (AvgIpc) is 1.68. The van der Waals surface area contributed by atoms with E-state index in [9.17, 15) is 4.79 Å². The van der Waals surface area contributed by atoms with Crippen molar-refractivity contribution < 1.29 is 4.79 Å². The second-order valence-corrected chi connectivity index (χ2v) is 2.27. The van der Waals surface area contributed by atoms with Crippen molar-refractivity contribution in [2.75, 3.05) is 12.8 Å². The molecule has 0 aromatic rings. The van der Waals surface area contributed by atoms with Crippen LogP contribution in [0.1, 0.15) is 0 Å². The highest BCUT2D eigenvalue weighted by atomic mass is 33.1. The number of rotatable bonds is 2. The largest absolute Gasteiger partial charge is 0.358 e. The quantitative estimate of drug-likeness (QED) is 0.423. The van der Waals surface area contributed by atoms with E-state index in [0.717, 1.165) is 0 Å². The second kappa shape index (κ2) is 4.33. The summed E-state index contributed by atoms with van der Waals surface area (Å²) in [6.07, 6.45) is 0. The van der Waals surface area contributed by atoms with E-state index in [1.165, 1.54) is 10.8 Å². The third-order valence-electron chi connectivity index (χ3n) is 0.474. The van der Waals surface area contributed by atoms with Gasteiger partial charge in [-0.15, -0.1) is 11.7 Å². The smallest absolute Gasteiger partial charge is 0.230 e. The normalized spacial score (nSPS) is 8.29. The number of hydrogen-bond donors (Lipinski definition) is 2. The van der Waals surface area contributed by atoms with E-state index in [0.29, 0.717) is 5.75 Å². The minimum atomic E-state index is 0.0139. The van der Waals surface area contributed by atoms with Crippen LogP contribution >= 0.6 is 22.5 Å². The first-order valence-corrected chi connectivity index (χ1v) is 3.82. The van der Waals surface area contributed by atoms with Crippen LogP contribution in [0.3, 0.4) is 0 Å². The third-order valence-corrected chi connectivity index (χ3v) is 1.25. The molecule has 4 heteroatoms. The molecule has 0 atom stereocenters. The Labute approximate surface area is 51.9 Å². The summed E-state index contributed by atoms with van der Waals surface area (Å²) in [6, 6.07) is 0. The molecular formula is C3H7NOS2. The molecule has 0 bridgehead atoms. The molecule has 0 aromatic carbocycles. The standard InChI is InChI=1S/C3H7NOS2/c1-4-3(5)2-7-6/h6H,2H2,1H3,(H,4,5). The van der Waals surface area contributed by atoms with Gasteiger partial charge in [-0.25, -0.2) is 0 Å². The molecule has 0 saturated carbocycles. The van der Waals surface area contributed by atoms with Gasteiger partial charge in [-0.2, -0.15) is 0 Å². The highest BCUT2D eigenvalue weighted by Gasteiger charge is 1.91. The topological polar surface area (TPSA) is 29.1 Å². The van der Waals surface area contributed by atoms with Crippen molar-refractivity contribution >= 4 is 28.4 Å². The Morgan fingerprint density at radius 1 is 2.00 bits per heavy atom. The lowest BCUT2D eigenvalue weighted by Crippen LogP contribution is -2.19. The third kappa shape index (κ3) is 4.01. The Morgan fingerprint density at radius 2 is 2.57 bits per heavy atom. The van der Waals surface area contributed by atoms with Gasteiger partial charge < -0.3 is 5.32 Å². The second-order valence-electron chi connectivity index (χ2n) is 0.947. The van der Waals surface area contributed by atoms with Crippen LogP contribution in [0.5, 0.6) is 0 Å². The first kappa shape index (κ1) is 7.17. The lowest BCUT2D eigenvalue weighted by Gasteiger charge is -1.90. The van der Waals surface area contributed by atoms with Gasteiger partial charge >= 0.3 is 0 Å². The van der Waals surface area contributed by atoms with Crippen molar-refractivity contribution in [2.24, 2.45) is 0 Å². The zero-order valence-electron chi connectivity index (χ0n) is 3.97. The molecule has 0 unspecified atom stereocenters. The zero-order valence-corrected chi connectivity index (χ0v) is 5.68. The number of carbonyl (C=O) groups is 1. The van der Waals surface area contributed by atoms with Gasteiger partial charge in [0.1, 0.15) is 0 Å². The molecule has 0 aliphatic rings. The van der Waals surface area contributed by atoms with Crippen molar-refractivity contribution in [3.05, 3.63) is 0 Å². The van der Waals surface area contributed by atoms with Crippen molar-refractivity contribution in [1.82, 2.24) is 5.32 Å². The lowest BCUT2D eigenvalue weighted by atomic mass is 10.7. The van der Waals surface area contributed by atoms with E-state index in [-0.39, 0.29) is 5.91 Å². The van der Waals surface area contributed by atoms with Gasteiger partial charge in [0.25, 0.3) is 0 Å². The number of carbonyl (C=O) groups excluding carboxylic acids is 1. The number of thiol groups is 1. The van der Waals surface area contributed by atoms with Crippen LogP contribution in [-0.4, -0.2) is 18.7 Å². The van der Waals surface area contributed by atoms with E-state index in [4.69, 9.17) is 0 Å². The zero-order chi connectivity index (χ0) is 5.70. The average molecular weight is 137 g/mol. The first-order valence-electron chi connectivity index (χ1n) is 1.78. The van der Waals surface area contributed by atoms with Crippen LogP contribution in [-0.2, 0) is 4.79 Å². The fourth-order valence-electron chi connectivity index (χ4n) is 0.131. The summed E-state index contributed by atoms with van der Waals surface area (Å²) >= 11 is 3.77. The summed E-state index contributed by atoms with van der Waals surface area (Å²) in [6.45, 7) is 0. The Morgan fingerprint density at radius 3 is 2.71 bits per heavy atom. The highest BCUT2D eigenvalue weighted by Crippen LogP contribution is 2.01. The van der Waals surface area contributed by atoms with Crippen LogP contribution in [0.15, 0.2) is 0 Å². The fraction of sp³-hybridized carbons (Fsp3) is 0.667. The molecule has 1 amide bonds. The summed E-state index contributed by atoms with van der Waals surface area (Å²) in [5.74, 6) is 0.444. The van der Waals surface area contributed by atoms with Crippen molar-refractivity contribution in [2.45, 2.75) is 0 Å². The van der Waals surface area contributed by atoms with E-state index in [2.05, 4.69) is 17.0 Å². The summed E-state index contributed by atoms with van der Waals surface area (Å²) in [7, 11) is 2.82. The molecule has 42 valence electrons. The van der Waals surface area contributed by atoms with Gasteiger partial charge in [0.05, 0.1) is 5.75 Å². The molecular weight excluding hydrogens is 130 g/mol. The van der Waals surface area contributed by atoms with Crippen LogP contribution in [0.2, 0.25) is 0 Å². The summed E-state index contributed by atoms with van der Waals surface area (Å²) in [5.41, 5.74) is 0. The molecule has 0 aromatic heterocycles. The minimum absolute atomic E-state index is 0.0139. The van der Waals surface area contributed by atoms with Gasteiger partial charge in [0, 0.05) is 7.05 Å². The van der Waals surface area contributed by atoms with Crippen molar-refractivity contribution in [1.29, 1.82) is 0 Å². The maximum absolute atomic E-state index is 10.2. The minimum Gasteiger partial charge on any atom is -0.358 e. The lowest BCUT2D eigenvalue weighted by molar-refractivity contribution is -0.118. The number of hydrogen-bond acceptors (Lipinski definition) is 3. The Balaban J connectivity index is 3.00. The summed E-state index contributed by atoms with van der Waals surface area (Å²) in [4.78, 5) is 10.2. The molecule has 1 N–H and O–H groups in total. The molecule has 0 saturated heterocycles. The molecule has 0 fully saturated rings. The molecule has 7 heavy (non-hydrogen) atoms. The predicted octanol–water partition coefficient (Wildman–Crippen LogP) is 0.310. The van der Waals surface area contributed by atoms with Gasteiger partial charge in [-0.3, -0.25) is 4.79 Å². The molecule has 0 heterocycles. The predicted molar refractivity (Wildman–Crippen MR) is 35.5 cm³/mol. The molecule has 0 aliphatic heterocycles. The summed E-state index contributed by atoms with van der Waals surface area (Å²) < 4.78 is 0. The SMILES string of the molecule is CNC(=O)CSS. The Kier molecular flexibility index (Phi) is 4.44. The number of amides is 1. The first-order chi connectivity index (χ1) is 3.31. The monoisotopic (exact) mass is 137 g/mol. The Hall–Kier alpha value is 0.170. The molecule has 0 radical (unpaired) electrons. The summed E-state index contributed by atoms with van der Waals surface area (Å²) in [5, 5.41) is 2.46. The van der Waals surface area contributed by atoms with Crippen LogP contribution < -0.4 is 5.32 Å². The number of nitrogens with one attached hydrogen (secondary N) is 1. The van der Waals surface area contributed by atoms with Crippen LogP contribution in [0.4, 0.5) is 0 Å². The maximum Gasteiger partial charge on any atom is 0.230 e. The molecule has 2 nitrogen and oxygen atoms in total. The van der Waals surface area contributed by atoms with Crippen molar-refractivity contribution in [3.8, 4) is 0 Å². The molecule has 0 spiro atoms. The van der Waals surface area contributed by atoms with E-state index >= 15 is 0 Å². The van der Waals surface area contributed by atoms with Crippen LogP contribution in [0, 0.1) is 0 Å². The van der Waals surface area contributed by atoms with Gasteiger partial charge in [0.15, 0.2) is 0 Å². The molecule has 0 rings (SSSR count). The highest BCUT2D eigenvalue weighted by molar-refractivity contribution is 8.68. The van der Waals surface area contributed by atoms with Gasteiger partial charge in [-0.05, 0) is 0 Å². The van der Waals surface area contributed by atoms with E-state index < -0.39 is 0 Å². The maximum atomic E-state index is 10.2. The van der Waals surface area contributed by atoms with E-state index in [1.54, 1.807) is 7.05 Å². The van der Waals surface area contributed by atoms with Crippen molar-refractivity contribution in [3.63, 3.8) is 0 Å².